The number of likely N-dealkylation sites (N-methyl/N-ethyl adjacent to an activating group) is 1. The Morgan fingerprint density at radius 3 is 2.64 bits per heavy atom. The van der Waals surface area contributed by atoms with Crippen molar-refractivity contribution in [2.45, 2.75) is 25.3 Å². The van der Waals surface area contributed by atoms with Crippen LogP contribution in [0.2, 0.25) is 0 Å². The number of anilines is 1. The largest absolute Gasteiger partial charge is 0.465 e. The van der Waals surface area contributed by atoms with Crippen LogP contribution in [0.1, 0.15) is 34.8 Å². The molecule has 1 heterocycles. The van der Waals surface area contributed by atoms with Gasteiger partial charge in [0.05, 0.1) is 24.1 Å². The Labute approximate surface area is 144 Å². The van der Waals surface area contributed by atoms with Crippen LogP contribution in [0.15, 0.2) is 41.2 Å². The molecule has 0 atom stereocenters. The molecule has 25 heavy (non-hydrogen) atoms. The molecule has 1 aromatic carbocycles. The van der Waals surface area contributed by atoms with Crippen molar-refractivity contribution in [2.24, 2.45) is 0 Å². The van der Waals surface area contributed by atoms with E-state index in [0.717, 1.165) is 18.5 Å². The number of esters is 1. The summed E-state index contributed by atoms with van der Waals surface area (Å²) in [6.07, 6.45) is 2.12. The number of para-hydroxylation sites is 1. The van der Waals surface area contributed by atoms with E-state index in [0.29, 0.717) is 11.6 Å². The molecule has 1 saturated carbocycles. The molecule has 7 nitrogen and oxygen atoms in total. The SMILES string of the molecule is COC(=O)c1ccccc1N(C)C(=O)Cn1nc(C2CC2)ccc1=O. The zero-order chi connectivity index (χ0) is 18.0. The fourth-order valence-electron chi connectivity index (χ4n) is 2.59. The fraction of sp³-hybridized carbons (Fsp3) is 0.333. The summed E-state index contributed by atoms with van der Waals surface area (Å²) < 4.78 is 5.92. The van der Waals surface area contributed by atoms with Crippen LogP contribution in [0.4, 0.5) is 5.69 Å². The Balaban J connectivity index is 1.83. The summed E-state index contributed by atoms with van der Waals surface area (Å²) in [6, 6.07) is 9.82. The maximum atomic E-state index is 12.6. The van der Waals surface area contributed by atoms with Crippen molar-refractivity contribution < 1.29 is 14.3 Å². The van der Waals surface area contributed by atoms with E-state index in [9.17, 15) is 14.4 Å². The number of carbonyl (C=O) groups is 2. The van der Waals surface area contributed by atoms with Gasteiger partial charge in [0.1, 0.15) is 6.54 Å². The molecule has 1 aliphatic rings. The highest BCUT2D eigenvalue weighted by Gasteiger charge is 2.26. The standard InChI is InChI=1S/C18H19N3O4/c1-20(15-6-4-3-5-13(15)18(24)25-2)17(23)11-21-16(22)10-9-14(19-21)12-7-8-12/h3-6,9-10,12H,7-8,11H2,1-2H3. The van der Waals surface area contributed by atoms with Crippen molar-refractivity contribution in [2.75, 3.05) is 19.1 Å². The first-order valence-corrected chi connectivity index (χ1v) is 8.03. The van der Waals surface area contributed by atoms with Crippen LogP contribution in [-0.4, -0.2) is 35.8 Å². The summed E-state index contributed by atoms with van der Waals surface area (Å²) in [5.41, 5.74) is 1.22. The maximum absolute atomic E-state index is 12.6. The summed E-state index contributed by atoms with van der Waals surface area (Å²) in [4.78, 5) is 37.8. The van der Waals surface area contributed by atoms with E-state index in [2.05, 4.69) is 5.10 Å². The summed E-state index contributed by atoms with van der Waals surface area (Å²) in [5.74, 6) is -0.486. The van der Waals surface area contributed by atoms with Crippen molar-refractivity contribution in [3.63, 3.8) is 0 Å². The Kier molecular flexibility index (Phi) is 4.65. The third kappa shape index (κ3) is 3.60. The summed E-state index contributed by atoms with van der Waals surface area (Å²) in [6.45, 7) is -0.189. The number of hydrogen-bond acceptors (Lipinski definition) is 5. The monoisotopic (exact) mass is 341 g/mol. The lowest BCUT2D eigenvalue weighted by molar-refractivity contribution is -0.119. The predicted molar refractivity (Wildman–Crippen MR) is 91.7 cm³/mol. The average molecular weight is 341 g/mol. The number of ether oxygens (including phenoxy) is 1. The normalized spacial score (nSPS) is 13.4. The Morgan fingerprint density at radius 1 is 1.24 bits per heavy atom. The van der Waals surface area contributed by atoms with Crippen LogP contribution in [0.5, 0.6) is 0 Å². The Morgan fingerprint density at radius 2 is 1.96 bits per heavy atom. The van der Waals surface area contributed by atoms with Crippen molar-refractivity contribution in [1.82, 2.24) is 9.78 Å². The molecule has 130 valence electrons. The lowest BCUT2D eigenvalue weighted by Gasteiger charge is -2.20. The summed E-state index contributed by atoms with van der Waals surface area (Å²) >= 11 is 0. The van der Waals surface area contributed by atoms with Crippen molar-refractivity contribution in [3.05, 3.63) is 58.0 Å². The number of aromatic nitrogens is 2. The third-order valence-corrected chi connectivity index (χ3v) is 4.21. The van der Waals surface area contributed by atoms with Gasteiger partial charge in [-0.25, -0.2) is 9.48 Å². The molecular weight excluding hydrogens is 322 g/mol. The predicted octanol–water partition coefficient (Wildman–Crippen LogP) is 1.57. The van der Waals surface area contributed by atoms with Crippen LogP contribution < -0.4 is 10.5 Å². The third-order valence-electron chi connectivity index (χ3n) is 4.21. The molecule has 0 aliphatic heterocycles. The highest BCUT2D eigenvalue weighted by molar-refractivity contribution is 6.02. The van der Waals surface area contributed by atoms with Gasteiger partial charge in [0.2, 0.25) is 5.91 Å². The molecule has 0 radical (unpaired) electrons. The molecule has 1 amide bonds. The molecule has 0 spiro atoms. The molecule has 0 unspecified atom stereocenters. The number of methoxy groups -OCH3 is 1. The Hall–Kier alpha value is -2.96. The van der Waals surface area contributed by atoms with E-state index in [1.165, 1.54) is 22.8 Å². The van der Waals surface area contributed by atoms with Crippen molar-refractivity contribution in [1.29, 1.82) is 0 Å². The quantitative estimate of drug-likeness (QED) is 0.771. The lowest BCUT2D eigenvalue weighted by Crippen LogP contribution is -2.35. The maximum Gasteiger partial charge on any atom is 0.339 e. The van der Waals surface area contributed by atoms with E-state index in [1.54, 1.807) is 37.4 Å². The van der Waals surface area contributed by atoms with Gasteiger partial charge in [0, 0.05) is 19.0 Å². The minimum Gasteiger partial charge on any atom is -0.465 e. The number of benzene rings is 1. The van der Waals surface area contributed by atoms with Crippen LogP contribution in [-0.2, 0) is 16.1 Å². The van der Waals surface area contributed by atoms with Gasteiger partial charge < -0.3 is 9.64 Å². The first-order valence-electron chi connectivity index (χ1n) is 8.03. The van der Waals surface area contributed by atoms with Gasteiger partial charge in [-0.1, -0.05) is 12.1 Å². The van der Waals surface area contributed by atoms with Crippen LogP contribution in [0.3, 0.4) is 0 Å². The first kappa shape index (κ1) is 16.9. The molecule has 1 aromatic heterocycles. The molecule has 1 fully saturated rings. The van der Waals surface area contributed by atoms with Gasteiger partial charge in [-0.15, -0.1) is 0 Å². The second kappa shape index (κ2) is 6.88. The molecular formula is C18H19N3O4. The number of amides is 1. The minimum absolute atomic E-state index is 0.189. The van der Waals surface area contributed by atoms with Gasteiger partial charge in [0.25, 0.3) is 5.56 Å². The second-order valence-corrected chi connectivity index (χ2v) is 5.99. The minimum atomic E-state index is -0.527. The summed E-state index contributed by atoms with van der Waals surface area (Å²) in [7, 11) is 2.84. The van der Waals surface area contributed by atoms with Crippen LogP contribution in [0, 0.1) is 0 Å². The van der Waals surface area contributed by atoms with Crippen LogP contribution in [0.25, 0.3) is 0 Å². The van der Waals surface area contributed by atoms with Gasteiger partial charge in [-0.05, 0) is 31.0 Å². The Bertz CT molecular complexity index is 871. The zero-order valence-corrected chi connectivity index (χ0v) is 14.1. The number of carbonyl (C=O) groups excluding carboxylic acids is 2. The van der Waals surface area contributed by atoms with Gasteiger partial charge in [0.15, 0.2) is 0 Å². The molecule has 1 aliphatic carbocycles. The van der Waals surface area contributed by atoms with Gasteiger partial charge >= 0.3 is 5.97 Å². The number of hydrogen-bond donors (Lipinski definition) is 0. The van der Waals surface area contributed by atoms with E-state index < -0.39 is 5.97 Å². The smallest absolute Gasteiger partial charge is 0.339 e. The fourth-order valence-corrected chi connectivity index (χ4v) is 2.59. The second-order valence-electron chi connectivity index (χ2n) is 5.99. The van der Waals surface area contributed by atoms with E-state index in [1.807, 2.05) is 0 Å². The molecule has 0 N–H and O–H groups in total. The van der Waals surface area contributed by atoms with E-state index >= 15 is 0 Å². The van der Waals surface area contributed by atoms with E-state index in [-0.39, 0.29) is 23.6 Å². The molecule has 2 aromatic rings. The van der Waals surface area contributed by atoms with Crippen molar-refractivity contribution in [3.8, 4) is 0 Å². The molecule has 7 heteroatoms. The topological polar surface area (TPSA) is 81.5 Å². The highest BCUT2D eigenvalue weighted by Crippen LogP contribution is 2.38. The molecule has 0 saturated heterocycles. The van der Waals surface area contributed by atoms with Crippen molar-refractivity contribution >= 4 is 17.6 Å². The van der Waals surface area contributed by atoms with Crippen LogP contribution >= 0.6 is 0 Å². The number of rotatable bonds is 5. The number of nitrogens with zero attached hydrogens (tertiary/aromatic N) is 3. The zero-order valence-electron chi connectivity index (χ0n) is 14.1. The first-order chi connectivity index (χ1) is 12.0. The lowest BCUT2D eigenvalue weighted by atomic mass is 10.1. The highest BCUT2D eigenvalue weighted by atomic mass is 16.5. The molecule has 3 rings (SSSR count). The molecule has 0 bridgehead atoms. The average Bonchev–Trinajstić information content (AvgIpc) is 3.47. The van der Waals surface area contributed by atoms with Gasteiger partial charge in [-0.2, -0.15) is 5.10 Å². The van der Waals surface area contributed by atoms with Gasteiger partial charge in [-0.3, -0.25) is 9.59 Å². The summed E-state index contributed by atoms with van der Waals surface area (Å²) in [5, 5.41) is 4.29. The van der Waals surface area contributed by atoms with E-state index in [4.69, 9.17) is 4.74 Å².